The van der Waals surface area contributed by atoms with E-state index in [1.165, 1.54) is 44.1 Å². The highest BCUT2D eigenvalue weighted by Gasteiger charge is 2.12. The number of hydrogen-bond donors (Lipinski definition) is 2. The molecule has 104 valence electrons. The minimum absolute atomic E-state index is 0. The van der Waals surface area contributed by atoms with E-state index in [-0.39, 0.29) is 24.8 Å². The van der Waals surface area contributed by atoms with Crippen LogP contribution in [0.5, 0.6) is 0 Å². The number of halogens is 2. The molecule has 0 saturated heterocycles. The van der Waals surface area contributed by atoms with E-state index in [1.807, 2.05) is 12.3 Å². The van der Waals surface area contributed by atoms with Gasteiger partial charge in [0.25, 0.3) is 0 Å². The van der Waals surface area contributed by atoms with Gasteiger partial charge in [0.1, 0.15) is 0 Å². The van der Waals surface area contributed by atoms with Crippen LogP contribution in [-0.4, -0.2) is 11.0 Å². The molecule has 0 bridgehead atoms. The summed E-state index contributed by atoms with van der Waals surface area (Å²) in [6.45, 7) is 0.581. The summed E-state index contributed by atoms with van der Waals surface area (Å²) in [6.07, 6.45) is 11.7. The maximum atomic E-state index is 5.72. The van der Waals surface area contributed by atoms with Crippen LogP contribution in [0.25, 0.3) is 0 Å². The average Bonchev–Trinajstić information content (AvgIpc) is 2.58. The predicted molar refractivity (Wildman–Crippen MR) is 81.7 cm³/mol. The lowest BCUT2D eigenvalue weighted by atomic mass is 10.1. The highest BCUT2D eigenvalue weighted by Crippen LogP contribution is 2.22. The first-order valence-electron chi connectivity index (χ1n) is 6.29. The van der Waals surface area contributed by atoms with Crippen LogP contribution in [0.15, 0.2) is 18.5 Å². The molecule has 0 spiro atoms. The van der Waals surface area contributed by atoms with Crippen molar-refractivity contribution in [2.75, 3.05) is 5.32 Å². The molecule has 0 aliphatic heterocycles. The van der Waals surface area contributed by atoms with Gasteiger partial charge >= 0.3 is 0 Å². The van der Waals surface area contributed by atoms with E-state index in [0.717, 1.165) is 5.69 Å². The van der Waals surface area contributed by atoms with Crippen LogP contribution in [0.2, 0.25) is 0 Å². The predicted octanol–water partition coefficient (Wildman–Crippen LogP) is 3.52. The molecule has 0 amide bonds. The number of rotatable bonds is 3. The highest BCUT2D eigenvalue weighted by molar-refractivity contribution is 5.85. The Morgan fingerprint density at radius 3 is 2.44 bits per heavy atom. The molecule has 1 aliphatic carbocycles. The zero-order chi connectivity index (χ0) is 11.2. The summed E-state index contributed by atoms with van der Waals surface area (Å²) in [5.74, 6) is 0. The highest BCUT2D eigenvalue weighted by atomic mass is 35.5. The Bertz CT molecular complexity index is 326. The molecule has 1 heterocycles. The molecule has 3 N–H and O–H groups in total. The van der Waals surface area contributed by atoms with Gasteiger partial charge in [-0.25, -0.2) is 0 Å². The second kappa shape index (κ2) is 9.42. The Balaban J connectivity index is 0.00000144. The number of pyridine rings is 1. The van der Waals surface area contributed by atoms with E-state index in [4.69, 9.17) is 5.73 Å². The fourth-order valence-electron chi connectivity index (χ4n) is 2.37. The zero-order valence-corrected chi connectivity index (χ0v) is 12.2. The van der Waals surface area contributed by atoms with Crippen molar-refractivity contribution >= 4 is 30.5 Å². The molecule has 3 nitrogen and oxygen atoms in total. The van der Waals surface area contributed by atoms with E-state index < -0.39 is 0 Å². The first-order chi connectivity index (χ1) is 7.90. The van der Waals surface area contributed by atoms with Crippen LogP contribution in [0.4, 0.5) is 5.69 Å². The topological polar surface area (TPSA) is 50.9 Å². The first kappa shape index (κ1) is 17.5. The third-order valence-electron chi connectivity index (χ3n) is 3.35. The molecule has 5 heteroatoms. The van der Waals surface area contributed by atoms with Gasteiger partial charge in [-0.05, 0) is 24.5 Å². The van der Waals surface area contributed by atoms with Gasteiger partial charge in [0.05, 0.1) is 11.9 Å². The molecule has 0 unspecified atom stereocenters. The van der Waals surface area contributed by atoms with E-state index in [9.17, 15) is 0 Å². The molecular weight excluding hydrogens is 269 g/mol. The Morgan fingerprint density at radius 1 is 1.17 bits per heavy atom. The van der Waals surface area contributed by atoms with Crippen LogP contribution in [0.3, 0.4) is 0 Å². The van der Waals surface area contributed by atoms with Gasteiger partial charge < -0.3 is 11.1 Å². The molecule has 0 atom stereocenters. The van der Waals surface area contributed by atoms with Crippen molar-refractivity contribution in [2.45, 2.75) is 51.1 Å². The lowest BCUT2D eigenvalue weighted by Gasteiger charge is -2.19. The van der Waals surface area contributed by atoms with Crippen molar-refractivity contribution in [3.63, 3.8) is 0 Å². The summed E-state index contributed by atoms with van der Waals surface area (Å²) < 4.78 is 0. The number of nitrogens with two attached hydrogens (primary N) is 1. The maximum absolute atomic E-state index is 5.72. The SMILES string of the molecule is Cl.Cl.NCc1ccncc1NC1CCCCCC1. The molecule has 1 fully saturated rings. The summed E-state index contributed by atoms with van der Waals surface area (Å²) in [5.41, 5.74) is 8.01. The average molecular weight is 292 g/mol. The second-order valence-corrected chi connectivity index (χ2v) is 4.57. The third-order valence-corrected chi connectivity index (χ3v) is 3.35. The van der Waals surface area contributed by atoms with Gasteiger partial charge in [0.2, 0.25) is 0 Å². The fraction of sp³-hybridized carbons (Fsp3) is 0.615. The van der Waals surface area contributed by atoms with Gasteiger partial charge in [0.15, 0.2) is 0 Å². The van der Waals surface area contributed by atoms with Crippen molar-refractivity contribution in [2.24, 2.45) is 5.73 Å². The zero-order valence-electron chi connectivity index (χ0n) is 10.6. The number of hydrogen-bond acceptors (Lipinski definition) is 3. The van der Waals surface area contributed by atoms with Crippen LogP contribution in [-0.2, 0) is 6.54 Å². The van der Waals surface area contributed by atoms with E-state index in [0.29, 0.717) is 12.6 Å². The Hall–Kier alpha value is -0.510. The maximum Gasteiger partial charge on any atom is 0.0574 e. The van der Waals surface area contributed by atoms with Crippen LogP contribution in [0, 0.1) is 0 Å². The fourth-order valence-corrected chi connectivity index (χ4v) is 2.37. The van der Waals surface area contributed by atoms with Crippen LogP contribution < -0.4 is 11.1 Å². The van der Waals surface area contributed by atoms with Crippen molar-refractivity contribution < 1.29 is 0 Å². The molecule has 1 aliphatic rings. The lowest BCUT2D eigenvalue weighted by Crippen LogP contribution is -2.19. The van der Waals surface area contributed by atoms with Gasteiger partial charge in [-0.2, -0.15) is 0 Å². The van der Waals surface area contributed by atoms with Crippen LogP contribution >= 0.6 is 24.8 Å². The van der Waals surface area contributed by atoms with Crippen molar-refractivity contribution in [3.8, 4) is 0 Å². The summed E-state index contributed by atoms with van der Waals surface area (Å²) in [4.78, 5) is 4.16. The molecule has 18 heavy (non-hydrogen) atoms. The number of aromatic nitrogens is 1. The molecule has 0 radical (unpaired) electrons. The minimum atomic E-state index is 0. The largest absolute Gasteiger partial charge is 0.381 e. The minimum Gasteiger partial charge on any atom is -0.381 e. The van der Waals surface area contributed by atoms with Gasteiger partial charge in [-0.1, -0.05) is 25.7 Å². The Labute approximate surface area is 122 Å². The van der Waals surface area contributed by atoms with E-state index in [2.05, 4.69) is 10.3 Å². The molecule has 1 aromatic heterocycles. The molecular formula is C13H23Cl2N3. The van der Waals surface area contributed by atoms with Crippen LogP contribution in [0.1, 0.15) is 44.1 Å². The number of anilines is 1. The second-order valence-electron chi connectivity index (χ2n) is 4.57. The molecule has 2 rings (SSSR count). The van der Waals surface area contributed by atoms with E-state index in [1.54, 1.807) is 6.20 Å². The van der Waals surface area contributed by atoms with Crippen molar-refractivity contribution in [1.29, 1.82) is 0 Å². The smallest absolute Gasteiger partial charge is 0.0574 e. The van der Waals surface area contributed by atoms with Crippen molar-refractivity contribution in [3.05, 3.63) is 24.0 Å². The summed E-state index contributed by atoms with van der Waals surface area (Å²) in [6, 6.07) is 2.61. The quantitative estimate of drug-likeness (QED) is 0.838. The standard InChI is InChI=1S/C13H21N3.2ClH/c14-9-11-7-8-15-10-13(11)16-12-5-3-1-2-4-6-12;;/h7-8,10,12,16H,1-6,9,14H2;2*1H. The number of nitrogens with zero attached hydrogens (tertiary/aromatic N) is 1. The lowest BCUT2D eigenvalue weighted by molar-refractivity contribution is 0.619. The van der Waals surface area contributed by atoms with Crippen molar-refractivity contribution in [1.82, 2.24) is 4.98 Å². The van der Waals surface area contributed by atoms with Gasteiger partial charge in [0, 0.05) is 18.8 Å². The monoisotopic (exact) mass is 291 g/mol. The Kier molecular flexibility index (Phi) is 9.16. The normalized spacial score (nSPS) is 16.1. The number of nitrogens with one attached hydrogen (secondary N) is 1. The summed E-state index contributed by atoms with van der Waals surface area (Å²) in [5, 5.41) is 3.60. The molecule has 1 saturated carbocycles. The molecule has 1 aromatic rings. The third kappa shape index (κ3) is 5.01. The molecule has 0 aromatic carbocycles. The van der Waals surface area contributed by atoms with Gasteiger partial charge in [-0.3, -0.25) is 4.98 Å². The summed E-state index contributed by atoms with van der Waals surface area (Å²) in [7, 11) is 0. The van der Waals surface area contributed by atoms with Gasteiger partial charge in [-0.15, -0.1) is 24.8 Å². The first-order valence-corrected chi connectivity index (χ1v) is 6.29. The van der Waals surface area contributed by atoms with E-state index >= 15 is 0 Å². The summed E-state index contributed by atoms with van der Waals surface area (Å²) >= 11 is 0. The Morgan fingerprint density at radius 2 is 1.83 bits per heavy atom.